The third-order valence-corrected chi connectivity index (χ3v) is 4.79. The predicted octanol–water partition coefficient (Wildman–Crippen LogP) is 4.91. The van der Waals surface area contributed by atoms with Crippen LogP contribution in [0.5, 0.6) is 0 Å². The van der Waals surface area contributed by atoms with Crippen molar-refractivity contribution in [1.29, 1.82) is 0 Å². The summed E-state index contributed by atoms with van der Waals surface area (Å²) in [4.78, 5) is 20.1. The molecule has 0 bridgehead atoms. The van der Waals surface area contributed by atoms with Crippen molar-refractivity contribution in [2.24, 2.45) is 0 Å². The number of hydrogen-bond acceptors (Lipinski definition) is 4. The molecule has 27 heavy (non-hydrogen) atoms. The average molecular weight is 351 g/mol. The Morgan fingerprint density at radius 1 is 0.815 bits per heavy atom. The summed E-state index contributed by atoms with van der Waals surface area (Å²) in [5.41, 5.74) is 7.47. The van der Waals surface area contributed by atoms with Gasteiger partial charge in [-0.3, -0.25) is 0 Å². The number of aromatic amines is 2. The number of benzene rings is 2. The van der Waals surface area contributed by atoms with Gasteiger partial charge in [-0.2, -0.15) is 0 Å². The monoisotopic (exact) mass is 351 g/mol. The summed E-state index contributed by atoms with van der Waals surface area (Å²) < 4.78 is 5.31. The molecule has 0 saturated heterocycles. The second kappa shape index (κ2) is 5.28. The van der Waals surface area contributed by atoms with E-state index in [1.807, 2.05) is 30.3 Å². The number of pyridine rings is 1. The second-order valence-electron chi connectivity index (χ2n) is 6.48. The smallest absolute Gasteiger partial charge is 0.181 e. The van der Waals surface area contributed by atoms with Crippen molar-refractivity contribution in [2.45, 2.75) is 0 Å². The minimum Gasteiger partial charge on any atom is -0.443 e. The zero-order chi connectivity index (χ0) is 17.8. The summed E-state index contributed by atoms with van der Waals surface area (Å²) in [5, 5.41) is 1.10. The minimum atomic E-state index is 0.768. The number of rotatable bonds is 2. The van der Waals surface area contributed by atoms with Crippen molar-refractivity contribution in [3.63, 3.8) is 0 Å². The number of hydrogen-bond donors (Lipinski definition) is 2. The molecule has 6 nitrogen and oxygen atoms in total. The zero-order valence-electron chi connectivity index (χ0n) is 14.1. The Balaban J connectivity index is 1.46. The van der Waals surface area contributed by atoms with Crippen molar-refractivity contribution >= 4 is 33.2 Å². The molecule has 0 aliphatic carbocycles. The molecule has 0 aliphatic heterocycles. The Morgan fingerprint density at radius 2 is 1.78 bits per heavy atom. The highest BCUT2D eigenvalue weighted by atomic mass is 16.3. The minimum absolute atomic E-state index is 0.768. The van der Waals surface area contributed by atoms with E-state index in [1.165, 1.54) is 6.39 Å². The Bertz CT molecular complexity index is 1410. The van der Waals surface area contributed by atoms with Crippen LogP contribution in [-0.4, -0.2) is 24.9 Å². The summed E-state index contributed by atoms with van der Waals surface area (Å²) in [6, 6.07) is 18.2. The number of oxazole rings is 1. The van der Waals surface area contributed by atoms with Gasteiger partial charge in [-0.25, -0.2) is 15.0 Å². The third-order valence-electron chi connectivity index (χ3n) is 4.79. The van der Waals surface area contributed by atoms with Crippen LogP contribution in [0.1, 0.15) is 0 Å². The van der Waals surface area contributed by atoms with E-state index >= 15 is 0 Å². The fraction of sp³-hybridized carbons (Fsp3) is 0. The zero-order valence-corrected chi connectivity index (χ0v) is 14.1. The molecule has 4 aromatic heterocycles. The highest BCUT2D eigenvalue weighted by molar-refractivity contribution is 5.88. The van der Waals surface area contributed by atoms with Gasteiger partial charge < -0.3 is 14.4 Å². The fourth-order valence-electron chi connectivity index (χ4n) is 3.43. The Labute approximate surface area is 152 Å². The maximum atomic E-state index is 5.31. The first-order chi connectivity index (χ1) is 13.3. The summed E-state index contributed by atoms with van der Waals surface area (Å²) in [6.45, 7) is 0. The third kappa shape index (κ3) is 2.23. The molecule has 4 heterocycles. The normalized spacial score (nSPS) is 11.7. The Hall–Kier alpha value is -3.93. The number of imidazole rings is 1. The quantitative estimate of drug-likeness (QED) is 0.464. The predicted molar refractivity (Wildman–Crippen MR) is 104 cm³/mol. The van der Waals surface area contributed by atoms with Gasteiger partial charge in [0.15, 0.2) is 12.0 Å². The molecular weight excluding hydrogens is 338 g/mol. The second-order valence-corrected chi connectivity index (χ2v) is 6.48. The molecule has 128 valence electrons. The maximum Gasteiger partial charge on any atom is 0.181 e. The average Bonchev–Trinajstić information content (AvgIpc) is 3.42. The van der Waals surface area contributed by atoms with Crippen LogP contribution in [0.3, 0.4) is 0 Å². The number of nitrogens with zero attached hydrogens (tertiary/aromatic N) is 3. The number of H-pyrrole nitrogens is 2. The highest BCUT2D eigenvalue weighted by Crippen LogP contribution is 2.28. The van der Waals surface area contributed by atoms with Gasteiger partial charge >= 0.3 is 0 Å². The van der Waals surface area contributed by atoms with E-state index in [-0.39, 0.29) is 0 Å². The van der Waals surface area contributed by atoms with Crippen LogP contribution in [0.25, 0.3) is 55.8 Å². The van der Waals surface area contributed by atoms with Crippen LogP contribution in [0.4, 0.5) is 0 Å². The van der Waals surface area contributed by atoms with Crippen LogP contribution < -0.4 is 0 Å². The van der Waals surface area contributed by atoms with Crippen LogP contribution in [-0.2, 0) is 0 Å². The molecule has 6 aromatic rings. The highest BCUT2D eigenvalue weighted by Gasteiger charge is 2.10. The Morgan fingerprint density at radius 3 is 2.74 bits per heavy atom. The van der Waals surface area contributed by atoms with Gasteiger partial charge in [-0.15, -0.1) is 0 Å². The number of nitrogens with one attached hydrogen (secondary N) is 2. The van der Waals surface area contributed by atoms with E-state index < -0.39 is 0 Å². The van der Waals surface area contributed by atoms with E-state index in [2.05, 4.69) is 44.2 Å². The largest absolute Gasteiger partial charge is 0.443 e. The molecule has 0 radical (unpaired) electrons. The summed E-state index contributed by atoms with van der Waals surface area (Å²) in [6.07, 6.45) is 3.24. The first-order valence-corrected chi connectivity index (χ1v) is 8.61. The first-order valence-electron chi connectivity index (χ1n) is 8.61. The number of aromatic nitrogens is 5. The van der Waals surface area contributed by atoms with Gasteiger partial charge in [0.25, 0.3) is 0 Å². The van der Waals surface area contributed by atoms with E-state index in [4.69, 9.17) is 9.40 Å². The lowest BCUT2D eigenvalue weighted by atomic mass is 10.1. The van der Waals surface area contributed by atoms with E-state index in [9.17, 15) is 0 Å². The summed E-state index contributed by atoms with van der Waals surface area (Å²) in [5.74, 6) is 0.811. The van der Waals surface area contributed by atoms with Gasteiger partial charge in [-0.05, 0) is 48.5 Å². The van der Waals surface area contributed by atoms with E-state index in [1.54, 1.807) is 6.20 Å². The van der Waals surface area contributed by atoms with Crippen molar-refractivity contribution in [3.8, 4) is 22.6 Å². The van der Waals surface area contributed by atoms with Gasteiger partial charge in [0.05, 0.1) is 11.0 Å². The lowest BCUT2D eigenvalue weighted by Crippen LogP contribution is -1.80. The fourth-order valence-corrected chi connectivity index (χ4v) is 3.43. The van der Waals surface area contributed by atoms with Crippen molar-refractivity contribution in [2.75, 3.05) is 0 Å². The molecule has 0 amide bonds. The molecule has 2 aromatic carbocycles. The van der Waals surface area contributed by atoms with Gasteiger partial charge in [0, 0.05) is 28.4 Å². The molecule has 0 spiro atoms. The molecule has 0 fully saturated rings. The SMILES string of the molecule is c1cnc2[nH]c(-c3ccc4nc(-c5ccc6ocnc6c5)[nH]c4c3)cc2c1. The lowest BCUT2D eigenvalue weighted by molar-refractivity contribution is 0.602. The first kappa shape index (κ1) is 14.3. The van der Waals surface area contributed by atoms with Crippen LogP contribution >= 0.6 is 0 Å². The molecule has 0 unspecified atom stereocenters. The maximum absolute atomic E-state index is 5.31. The summed E-state index contributed by atoms with van der Waals surface area (Å²) in [7, 11) is 0. The summed E-state index contributed by atoms with van der Waals surface area (Å²) >= 11 is 0. The molecule has 6 rings (SSSR count). The van der Waals surface area contributed by atoms with Crippen molar-refractivity contribution in [3.05, 3.63) is 67.2 Å². The van der Waals surface area contributed by atoms with Crippen LogP contribution in [0.15, 0.2) is 71.6 Å². The van der Waals surface area contributed by atoms with E-state index in [0.717, 1.165) is 55.8 Å². The lowest BCUT2D eigenvalue weighted by Gasteiger charge is -1.97. The number of fused-ring (bicyclic) bond motifs is 3. The molecule has 0 atom stereocenters. The molecule has 2 N–H and O–H groups in total. The Kier molecular flexibility index (Phi) is 2.79. The van der Waals surface area contributed by atoms with Gasteiger partial charge in [0.1, 0.15) is 17.0 Å². The van der Waals surface area contributed by atoms with Crippen molar-refractivity contribution in [1.82, 2.24) is 24.9 Å². The molecule has 0 saturated carbocycles. The van der Waals surface area contributed by atoms with Crippen LogP contribution in [0.2, 0.25) is 0 Å². The van der Waals surface area contributed by atoms with Gasteiger partial charge in [-0.1, -0.05) is 6.07 Å². The van der Waals surface area contributed by atoms with Crippen molar-refractivity contribution < 1.29 is 4.42 Å². The standard InChI is InChI=1S/C21H13N5O/c1-2-13-9-16(25-20(13)22-7-1)12-3-5-15-17(8-12)26-21(24-15)14-4-6-19-18(10-14)23-11-27-19/h1-11H,(H,22,25)(H,24,26). The van der Waals surface area contributed by atoms with Gasteiger partial charge in [0.2, 0.25) is 0 Å². The molecular formula is C21H13N5O. The molecule has 6 heteroatoms. The van der Waals surface area contributed by atoms with E-state index in [0.29, 0.717) is 0 Å². The topological polar surface area (TPSA) is 83.4 Å². The molecule has 0 aliphatic rings. The van der Waals surface area contributed by atoms with Crippen LogP contribution in [0, 0.1) is 0 Å².